The number of hydrogen-bond donors (Lipinski definition) is 1. The van der Waals surface area contributed by atoms with Crippen LogP contribution in [0.15, 0.2) is 12.1 Å². The van der Waals surface area contributed by atoms with Gasteiger partial charge in [0.1, 0.15) is 11.6 Å². The van der Waals surface area contributed by atoms with Crippen molar-refractivity contribution in [3.63, 3.8) is 0 Å². The number of nitrogens with two attached hydrogens (primary N) is 1. The molecule has 0 unspecified atom stereocenters. The fourth-order valence-electron chi connectivity index (χ4n) is 1.52. The van der Waals surface area contributed by atoms with Gasteiger partial charge in [-0.25, -0.2) is 4.39 Å². The second-order valence-electron chi connectivity index (χ2n) is 3.46. The Bertz CT molecular complexity index is 391. The van der Waals surface area contributed by atoms with E-state index in [1.54, 1.807) is 6.07 Å². The van der Waals surface area contributed by atoms with Crippen molar-refractivity contribution >= 4 is 5.78 Å². The fourth-order valence-corrected chi connectivity index (χ4v) is 1.52. The minimum Gasteiger partial charge on any atom is -0.496 e. The molecule has 0 saturated carbocycles. The first kappa shape index (κ1) is 12.6. The van der Waals surface area contributed by atoms with Crippen LogP contribution in [0.2, 0.25) is 0 Å². The summed E-state index contributed by atoms with van der Waals surface area (Å²) in [7, 11) is 1.42. The molecule has 0 aromatic heterocycles. The van der Waals surface area contributed by atoms with Gasteiger partial charge >= 0.3 is 0 Å². The van der Waals surface area contributed by atoms with Crippen molar-refractivity contribution in [2.75, 3.05) is 13.7 Å². The quantitative estimate of drug-likeness (QED) is 0.779. The summed E-state index contributed by atoms with van der Waals surface area (Å²) in [6.07, 6.45) is 0.782. The molecular formula is C12H16FNO2. The van der Waals surface area contributed by atoms with Gasteiger partial charge in [-0.15, -0.1) is 0 Å². The number of rotatable bonds is 5. The SMILES string of the molecule is CCc1cc(C(=O)CCN)c(OC)cc1F. The molecule has 0 aliphatic rings. The van der Waals surface area contributed by atoms with Crippen LogP contribution >= 0.6 is 0 Å². The van der Waals surface area contributed by atoms with Crippen LogP contribution in [-0.2, 0) is 6.42 Å². The van der Waals surface area contributed by atoms with Gasteiger partial charge in [0.05, 0.1) is 12.7 Å². The van der Waals surface area contributed by atoms with Gasteiger partial charge in [0.25, 0.3) is 0 Å². The molecule has 0 atom stereocenters. The Labute approximate surface area is 94.4 Å². The molecule has 0 bridgehead atoms. The number of ether oxygens (including phenoxy) is 1. The summed E-state index contributed by atoms with van der Waals surface area (Å²) >= 11 is 0. The largest absolute Gasteiger partial charge is 0.496 e. The van der Waals surface area contributed by atoms with Crippen molar-refractivity contribution in [2.24, 2.45) is 5.73 Å². The van der Waals surface area contributed by atoms with Gasteiger partial charge in [-0.05, 0) is 24.6 Å². The Morgan fingerprint density at radius 3 is 2.69 bits per heavy atom. The van der Waals surface area contributed by atoms with Crippen molar-refractivity contribution in [1.29, 1.82) is 0 Å². The molecule has 1 aromatic carbocycles. The predicted molar refractivity (Wildman–Crippen MR) is 60.3 cm³/mol. The third-order valence-corrected chi connectivity index (χ3v) is 2.42. The number of methoxy groups -OCH3 is 1. The highest BCUT2D eigenvalue weighted by Crippen LogP contribution is 2.24. The van der Waals surface area contributed by atoms with E-state index in [0.717, 1.165) is 0 Å². The summed E-state index contributed by atoms with van der Waals surface area (Å²) in [5.74, 6) is -0.189. The molecule has 0 fully saturated rings. The predicted octanol–water partition coefficient (Wildman–Crippen LogP) is 1.93. The molecule has 0 aliphatic carbocycles. The number of carbonyl (C=O) groups excluding carboxylic acids is 1. The molecular weight excluding hydrogens is 209 g/mol. The summed E-state index contributed by atoms with van der Waals surface area (Å²) in [6.45, 7) is 2.11. The number of aryl methyl sites for hydroxylation is 1. The third kappa shape index (κ3) is 2.58. The van der Waals surface area contributed by atoms with E-state index in [9.17, 15) is 9.18 Å². The van der Waals surface area contributed by atoms with Gasteiger partial charge < -0.3 is 10.5 Å². The Morgan fingerprint density at radius 1 is 1.50 bits per heavy atom. The highest BCUT2D eigenvalue weighted by atomic mass is 19.1. The van der Waals surface area contributed by atoms with Crippen molar-refractivity contribution in [3.8, 4) is 5.75 Å². The Balaban J connectivity index is 3.19. The molecule has 88 valence electrons. The molecule has 0 saturated heterocycles. The van der Waals surface area contributed by atoms with Crippen molar-refractivity contribution < 1.29 is 13.9 Å². The molecule has 16 heavy (non-hydrogen) atoms. The zero-order valence-corrected chi connectivity index (χ0v) is 9.55. The number of carbonyl (C=O) groups is 1. The van der Waals surface area contributed by atoms with Gasteiger partial charge in [0.2, 0.25) is 0 Å². The van der Waals surface area contributed by atoms with Crippen molar-refractivity contribution in [3.05, 3.63) is 29.1 Å². The van der Waals surface area contributed by atoms with E-state index in [-0.39, 0.29) is 30.3 Å². The topological polar surface area (TPSA) is 52.3 Å². The standard InChI is InChI=1S/C12H16FNO2/c1-3-8-6-9(11(15)4-5-14)12(16-2)7-10(8)13/h6-7H,3-5,14H2,1-2H3. The smallest absolute Gasteiger partial charge is 0.167 e. The molecule has 1 rings (SSSR count). The van der Waals surface area contributed by atoms with E-state index in [4.69, 9.17) is 10.5 Å². The number of ketones is 1. The van der Waals surface area contributed by atoms with Gasteiger partial charge in [-0.2, -0.15) is 0 Å². The lowest BCUT2D eigenvalue weighted by atomic mass is 10.0. The van der Waals surface area contributed by atoms with E-state index in [1.165, 1.54) is 13.2 Å². The first-order valence-electron chi connectivity index (χ1n) is 5.23. The van der Waals surface area contributed by atoms with Crippen molar-refractivity contribution in [2.45, 2.75) is 19.8 Å². The van der Waals surface area contributed by atoms with Crippen LogP contribution in [0.3, 0.4) is 0 Å². The molecule has 2 N–H and O–H groups in total. The molecule has 0 radical (unpaired) electrons. The average molecular weight is 225 g/mol. The maximum atomic E-state index is 13.5. The lowest BCUT2D eigenvalue weighted by Crippen LogP contribution is -2.10. The summed E-state index contributed by atoms with van der Waals surface area (Å²) in [5, 5.41) is 0. The Hall–Kier alpha value is -1.42. The van der Waals surface area contributed by atoms with Crippen LogP contribution in [0.5, 0.6) is 5.75 Å². The zero-order valence-electron chi connectivity index (χ0n) is 9.55. The molecule has 1 aromatic rings. The molecule has 0 aliphatic heterocycles. The third-order valence-electron chi connectivity index (χ3n) is 2.42. The monoisotopic (exact) mass is 225 g/mol. The summed E-state index contributed by atoms with van der Waals surface area (Å²) in [6, 6.07) is 2.80. The highest BCUT2D eigenvalue weighted by molar-refractivity contribution is 5.99. The van der Waals surface area contributed by atoms with E-state index >= 15 is 0 Å². The number of halogens is 1. The maximum absolute atomic E-state index is 13.5. The molecule has 3 nitrogen and oxygen atoms in total. The fraction of sp³-hybridized carbons (Fsp3) is 0.417. The van der Waals surface area contributed by atoms with E-state index < -0.39 is 0 Å². The summed E-state index contributed by atoms with van der Waals surface area (Å²) < 4.78 is 18.4. The number of hydrogen-bond acceptors (Lipinski definition) is 3. The Kier molecular flexibility index (Phi) is 4.43. The summed E-state index contributed by atoms with van der Waals surface area (Å²) in [4.78, 5) is 11.7. The number of Topliss-reactive ketones (excluding diaryl/α,β-unsaturated/α-hetero) is 1. The van der Waals surface area contributed by atoms with E-state index in [1.807, 2.05) is 6.92 Å². The van der Waals surface area contributed by atoms with Crippen LogP contribution in [-0.4, -0.2) is 19.4 Å². The highest BCUT2D eigenvalue weighted by Gasteiger charge is 2.15. The van der Waals surface area contributed by atoms with Crippen LogP contribution in [0.1, 0.15) is 29.3 Å². The van der Waals surface area contributed by atoms with Gasteiger partial charge in [0.15, 0.2) is 5.78 Å². The zero-order chi connectivity index (χ0) is 12.1. The van der Waals surface area contributed by atoms with Crippen LogP contribution in [0, 0.1) is 5.82 Å². The van der Waals surface area contributed by atoms with Crippen LogP contribution in [0.25, 0.3) is 0 Å². The first-order chi connectivity index (χ1) is 7.63. The summed E-state index contributed by atoms with van der Waals surface area (Å²) in [5.41, 5.74) is 6.25. The maximum Gasteiger partial charge on any atom is 0.167 e. The molecule has 4 heteroatoms. The van der Waals surface area contributed by atoms with Gasteiger partial charge in [-0.3, -0.25) is 4.79 Å². The number of benzene rings is 1. The molecule has 0 spiro atoms. The lowest BCUT2D eigenvalue weighted by molar-refractivity contribution is 0.0982. The van der Waals surface area contributed by atoms with Gasteiger partial charge in [-0.1, -0.05) is 6.92 Å². The van der Waals surface area contributed by atoms with Crippen LogP contribution in [0.4, 0.5) is 4.39 Å². The van der Waals surface area contributed by atoms with Crippen LogP contribution < -0.4 is 10.5 Å². The van der Waals surface area contributed by atoms with E-state index in [2.05, 4.69) is 0 Å². The van der Waals surface area contributed by atoms with Gasteiger partial charge in [0, 0.05) is 12.5 Å². The van der Waals surface area contributed by atoms with Crippen molar-refractivity contribution in [1.82, 2.24) is 0 Å². The van der Waals surface area contributed by atoms with E-state index in [0.29, 0.717) is 17.5 Å². The minimum absolute atomic E-state index is 0.117. The first-order valence-corrected chi connectivity index (χ1v) is 5.23. The lowest BCUT2D eigenvalue weighted by Gasteiger charge is -2.10. The second kappa shape index (κ2) is 5.61. The second-order valence-corrected chi connectivity index (χ2v) is 3.46. The molecule has 0 amide bonds. The minimum atomic E-state index is -0.344. The molecule has 0 heterocycles. The Morgan fingerprint density at radius 2 is 2.19 bits per heavy atom. The average Bonchev–Trinajstić information content (AvgIpc) is 2.28. The normalized spacial score (nSPS) is 10.2.